The average molecular weight is 318 g/mol. The quantitative estimate of drug-likeness (QED) is 0.785. The van der Waals surface area contributed by atoms with Crippen LogP contribution in [0.3, 0.4) is 0 Å². The Morgan fingerprint density at radius 2 is 2.22 bits per heavy atom. The van der Waals surface area contributed by atoms with Crippen molar-refractivity contribution in [3.63, 3.8) is 0 Å². The van der Waals surface area contributed by atoms with Crippen LogP contribution < -0.4 is 5.32 Å². The van der Waals surface area contributed by atoms with Gasteiger partial charge in [0.05, 0.1) is 12.2 Å². The topological polar surface area (TPSA) is 38.3 Å². The molecule has 0 bridgehead atoms. The molecule has 0 aliphatic heterocycles. The Kier molecular flexibility index (Phi) is 6.90. The Hall–Kier alpha value is -0.940. The highest BCUT2D eigenvalue weighted by molar-refractivity contribution is 9.10. The molecule has 0 atom stereocenters. The fraction of sp³-hybridized carbons (Fsp3) is 0.462. The third-order valence-electron chi connectivity index (χ3n) is 2.35. The molecule has 5 heteroatoms. The van der Waals surface area contributed by atoms with Gasteiger partial charge in [-0.05, 0) is 24.6 Å². The summed E-state index contributed by atoms with van der Waals surface area (Å²) in [4.78, 5) is 11.7. The van der Waals surface area contributed by atoms with Gasteiger partial charge in [-0.25, -0.2) is 4.39 Å². The second-order valence-electron chi connectivity index (χ2n) is 3.85. The minimum Gasteiger partial charge on any atom is -0.380 e. The predicted octanol–water partition coefficient (Wildman–Crippen LogP) is 3.13. The van der Waals surface area contributed by atoms with Gasteiger partial charge in [0.2, 0.25) is 0 Å². The van der Waals surface area contributed by atoms with Gasteiger partial charge < -0.3 is 10.1 Å². The molecule has 0 aliphatic carbocycles. The number of ether oxygens (including phenoxy) is 1. The lowest BCUT2D eigenvalue weighted by Crippen LogP contribution is -2.28. The van der Waals surface area contributed by atoms with E-state index in [-0.39, 0.29) is 5.56 Å². The predicted molar refractivity (Wildman–Crippen MR) is 72.2 cm³/mol. The van der Waals surface area contributed by atoms with Crippen LogP contribution in [0.4, 0.5) is 4.39 Å². The summed E-state index contributed by atoms with van der Waals surface area (Å²) in [5.41, 5.74) is 0.0398. The standard InChI is InChI=1S/C13H17BrFNO2/c1-2-3-7-18-8-6-16-13(17)11-9-10(14)4-5-12(11)15/h4-5,9H,2-3,6-8H2,1H3,(H,16,17). The van der Waals surface area contributed by atoms with Gasteiger partial charge >= 0.3 is 0 Å². The van der Waals surface area contributed by atoms with Crippen molar-refractivity contribution in [1.29, 1.82) is 0 Å². The molecular weight excluding hydrogens is 301 g/mol. The Bertz CT molecular complexity index is 399. The van der Waals surface area contributed by atoms with Gasteiger partial charge in [-0.3, -0.25) is 4.79 Å². The molecule has 3 nitrogen and oxygen atoms in total. The molecule has 0 heterocycles. The molecule has 0 saturated heterocycles. The van der Waals surface area contributed by atoms with Crippen molar-refractivity contribution in [1.82, 2.24) is 5.32 Å². The van der Waals surface area contributed by atoms with E-state index < -0.39 is 11.7 Å². The molecule has 0 radical (unpaired) electrons. The summed E-state index contributed by atoms with van der Waals surface area (Å²) in [6.45, 7) is 3.61. The molecule has 0 saturated carbocycles. The molecule has 0 fully saturated rings. The van der Waals surface area contributed by atoms with E-state index >= 15 is 0 Å². The van der Waals surface area contributed by atoms with E-state index in [9.17, 15) is 9.18 Å². The highest BCUT2D eigenvalue weighted by Gasteiger charge is 2.11. The van der Waals surface area contributed by atoms with E-state index in [0.29, 0.717) is 24.2 Å². The van der Waals surface area contributed by atoms with Gasteiger partial charge in [-0.2, -0.15) is 0 Å². The van der Waals surface area contributed by atoms with Gasteiger partial charge in [0.1, 0.15) is 5.82 Å². The third-order valence-corrected chi connectivity index (χ3v) is 2.84. The van der Waals surface area contributed by atoms with Crippen molar-refractivity contribution in [2.24, 2.45) is 0 Å². The molecule has 18 heavy (non-hydrogen) atoms. The maximum atomic E-state index is 13.4. The van der Waals surface area contributed by atoms with E-state index in [0.717, 1.165) is 12.8 Å². The van der Waals surface area contributed by atoms with E-state index in [1.807, 2.05) is 0 Å². The zero-order valence-corrected chi connectivity index (χ0v) is 11.9. The highest BCUT2D eigenvalue weighted by Crippen LogP contribution is 2.15. The smallest absolute Gasteiger partial charge is 0.254 e. The zero-order chi connectivity index (χ0) is 13.4. The highest BCUT2D eigenvalue weighted by atomic mass is 79.9. The van der Waals surface area contributed by atoms with Crippen LogP contribution in [0.2, 0.25) is 0 Å². The summed E-state index contributed by atoms with van der Waals surface area (Å²) >= 11 is 3.20. The van der Waals surface area contributed by atoms with E-state index in [2.05, 4.69) is 28.2 Å². The number of hydrogen-bond donors (Lipinski definition) is 1. The van der Waals surface area contributed by atoms with E-state index in [1.54, 1.807) is 6.07 Å². The largest absolute Gasteiger partial charge is 0.380 e. The first-order valence-electron chi connectivity index (χ1n) is 5.96. The molecule has 0 aliphatic rings. The number of carbonyl (C=O) groups excluding carboxylic acids is 1. The van der Waals surface area contributed by atoms with E-state index in [1.165, 1.54) is 12.1 Å². The lowest BCUT2D eigenvalue weighted by molar-refractivity contribution is 0.0909. The molecule has 0 aromatic heterocycles. The first-order chi connectivity index (χ1) is 8.65. The van der Waals surface area contributed by atoms with Crippen LogP contribution in [-0.4, -0.2) is 25.7 Å². The van der Waals surface area contributed by atoms with Crippen molar-refractivity contribution < 1.29 is 13.9 Å². The Morgan fingerprint density at radius 1 is 1.44 bits per heavy atom. The average Bonchev–Trinajstić information content (AvgIpc) is 2.36. The lowest BCUT2D eigenvalue weighted by atomic mass is 10.2. The van der Waals surface area contributed by atoms with Crippen LogP contribution in [-0.2, 0) is 4.74 Å². The van der Waals surface area contributed by atoms with Crippen LogP contribution in [0, 0.1) is 5.82 Å². The second kappa shape index (κ2) is 8.21. The maximum absolute atomic E-state index is 13.4. The number of rotatable bonds is 7. The monoisotopic (exact) mass is 317 g/mol. The summed E-state index contributed by atoms with van der Waals surface area (Å²) in [7, 11) is 0. The number of nitrogens with one attached hydrogen (secondary N) is 1. The second-order valence-corrected chi connectivity index (χ2v) is 4.76. The van der Waals surface area contributed by atoms with Crippen LogP contribution in [0.5, 0.6) is 0 Å². The number of amides is 1. The van der Waals surface area contributed by atoms with Gasteiger partial charge in [-0.1, -0.05) is 29.3 Å². The maximum Gasteiger partial charge on any atom is 0.254 e. The summed E-state index contributed by atoms with van der Waals surface area (Å²) in [5, 5.41) is 2.62. The van der Waals surface area contributed by atoms with Gasteiger partial charge in [-0.15, -0.1) is 0 Å². The number of hydrogen-bond acceptors (Lipinski definition) is 2. The summed E-state index contributed by atoms with van der Waals surface area (Å²) in [5.74, 6) is -0.949. The lowest BCUT2D eigenvalue weighted by Gasteiger charge is -2.07. The summed E-state index contributed by atoms with van der Waals surface area (Å²) in [6, 6.07) is 4.28. The molecule has 1 amide bonds. The molecule has 1 rings (SSSR count). The fourth-order valence-corrected chi connectivity index (χ4v) is 1.71. The number of unbranched alkanes of at least 4 members (excludes halogenated alkanes) is 1. The third kappa shape index (κ3) is 5.14. The number of halogens is 2. The number of benzene rings is 1. The van der Waals surface area contributed by atoms with Gasteiger partial charge in [0, 0.05) is 17.6 Å². The molecule has 1 N–H and O–H groups in total. The Morgan fingerprint density at radius 3 is 2.94 bits per heavy atom. The minimum absolute atomic E-state index is 0.0398. The van der Waals surface area contributed by atoms with Crippen LogP contribution in [0.25, 0.3) is 0 Å². The van der Waals surface area contributed by atoms with Crippen LogP contribution >= 0.6 is 15.9 Å². The number of carbonyl (C=O) groups is 1. The molecule has 1 aromatic carbocycles. The minimum atomic E-state index is -0.525. The van der Waals surface area contributed by atoms with Crippen LogP contribution in [0.1, 0.15) is 30.1 Å². The Balaban J connectivity index is 2.34. The summed E-state index contributed by atoms with van der Waals surface area (Å²) < 4.78 is 19.4. The first kappa shape index (κ1) is 15.1. The first-order valence-corrected chi connectivity index (χ1v) is 6.75. The Labute approximate surface area is 115 Å². The van der Waals surface area contributed by atoms with E-state index in [4.69, 9.17) is 4.74 Å². The van der Waals surface area contributed by atoms with Crippen molar-refractivity contribution in [3.8, 4) is 0 Å². The molecule has 1 aromatic rings. The molecule has 100 valence electrons. The van der Waals surface area contributed by atoms with Gasteiger partial charge in [0.25, 0.3) is 5.91 Å². The summed E-state index contributed by atoms with van der Waals surface area (Å²) in [6.07, 6.45) is 2.09. The zero-order valence-electron chi connectivity index (χ0n) is 10.3. The molecule has 0 spiro atoms. The van der Waals surface area contributed by atoms with Crippen LogP contribution in [0.15, 0.2) is 22.7 Å². The molecule has 0 unspecified atom stereocenters. The van der Waals surface area contributed by atoms with Crippen molar-refractivity contribution in [3.05, 3.63) is 34.1 Å². The van der Waals surface area contributed by atoms with Crippen molar-refractivity contribution in [2.45, 2.75) is 19.8 Å². The fourth-order valence-electron chi connectivity index (χ4n) is 1.35. The van der Waals surface area contributed by atoms with Crippen molar-refractivity contribution in [2.75, 3.05) is 19.8 Å². The molecular formula is C13H17BrFNO2. The SMILES string of the molecule is CCCCOCCNC(=O)c1cc(Br)ccc1F. The van der Waals surface area contributed by atoms with Crippen molar-refractivity contribution >= 4 is 21.8 Å². The normalized spacial score (nSPS) is 10.4. The van der Waals surface area contributed by atoms with Gasteiger partial charge in [0.15, 0.2) is 0 Å².